The zero-order valence-corrected chi connectivity index (χ0v) is 7.57. The smallest absolute Gasteiger partial charge is 0.853 e. The van der Waals surface area contributed by atoms with Gasteiger partial charge in [-0.3, -0.25) is 0 Å². The van der Waals surface area contributed by atoms with Crippen molar-refractivity contribution >= 4 is 0 Å². The Morgan fingerprint density at radius 2 is 1.80 bits per heavy atom. The van der Waals surface area contributed by atoms with Gasteiger partial charge in [-0.25, -0.2) is 0 Å². The molecule has 10 heavy (non-hydrogen) atoms. The molecular formula is C4H6F3NaO2. The number of halogens is 3. The normalized spacial score (nSPS) is 10.8. The summed E-state index contributed by atoms with van der Waals surface area (Å²) in [6.45, 7) is -2.33. The summed E-state index contributed by atoms with van der Waals surface area (Å²) in [5.74, 6) is 0. The Bertz CT molecular complexity index is 75.4. The molecule has 0 atom stereocenters. The van der Waals surface area contributed by atoms with E-state index >= 15 is 0 Å². The summed E-state index contributed by atoms with van der Waals surface area (Å²) in [5, 5.41) is 9.52. The van der Waals surface area contributed by atoms with E-state index in [0.717, 1.165) is 0 Å². The van der Waals surface area contributed by atoms with Crippen molar-refractivity contribution in [3.63, 3.8) is 0 Å². The Balaban J connectivity index is 0. The Hall–Kier alpha value is 0.710. The second-order valence-corrected chi connectivity index (χ2v) is 1.37. The predicted molar refractivity (Wildman–Crippen MR) is 21.7 cm³/mol. The molecule has 0 saturated carbocycles. The first-order chi connectivity index (χ1) is 4.06. The van der Waals surface area contributed by atoms with Crippen molar-refractivity contribution in [3.8, 4) is 0 Å². The zero-order chi connectivity index (χ0) is 7.33. The van der Waals surface area contributed by atoms with Crippen molar-refractivity contribution in [2.75, 3.05) is 19.8 Å². The fraction of sp³-hybridized carbons (Fsp3) is 1.00. The first-order valence-corrected chi connectivity index (χ1v) is 2.29. The summed E-state index contributed by atoms with van der Waals surface area (Å²) < 4.78 is 37.4. The van der Waals surface area contributed by atoms with Crippen LogP contribution >= 0.6 is 0 Å². The predicted octanol–water partition coefficient (Wildman–Crippen LogP) is -3.07. The molecule has 0 N–H and O–H groups in total. The Morgan fingerprint density at radius 1 is 1.30 bits per heavy atom. The van der Waals surface area contributed by atoms with E-state index in [4.69, 9.17) is 0 Å². The van der Waals surface area contributed by atoms with Crippen LogP contribution < -0.4 is 34.7 Å². The van der Waals surface area contributed by atoms with Crippen LogP contribution in [-0.4, -0.2) is 26.0 Å². The van der Waals surface area contributed by atoms with Crippen LogP contribution in [-0.2, 0) is 4.74 Å². The molecule has 0 aromatic heterocycles. The van der Waals surface area contributed by atoms with Crippen molar-refractivity contribution in [2.45, 2.75) is 6.18 Å². The van der Waals surface area contributed by atoms with Gasteiger partial charge >= 0.3 is 35.7 Å². The maximum Gasteiger partial charge on any atom is 1.00 e. The van der Waals surface area contributed by atoms with Crippen LogP contribution in [0.5, 0.6) is 0 Å². The van der Waals surface area contributed by atoms with Crippen molar-refractivity contribution in [2.24, 2.45) is 0 Å². The Labute approximate surface area is 78.7 Å². The number of hydrogen-bond donors (Lipinski definition) is 0. The standard InChI is InChI=1S/C4H6F3O2.Na/c5-4(6,7)3-9-2-1-8;/h1-3H2;/q-1;+1. The summed E-state index contributed by atoms with van der Waals surface area (Å²) >= 11 is 0. The molecule has 6 heteroatoms. The SMILES string of the molecule is [Na+].[O-]CCOCC(F)(F)F. The quantitative estimate of drug-likeness (QED) is 0.329. The van der Waals surface area contributed by atoms with E-state index in [0.29, 0.717) is 0 Å². The molecule has 0 spiro atoms. The minimum Gasteiger partial charge on any atom is -0.853 e. The maximum atomic E-state index is 11.2. The van der Waals surface area contributed by atoms with Gasteiger partial charge in [0.05, 0.1) is 0 Å². The molecule has 0 aromatic rings. The molecule has 0 bridgehead atoms. The largest absolute Gasteiger partial charge is 1.00 e. The van der Waals surface area contributed by atoms with Gasteiger partial charge in [0.2, 0.25) is 0 Å². The third-order valence-corrected chi connectivity index (χ3v) is 0.493. The number of ether oxygens (including phenoxy) is 1. The van der Waals surface area contributed by atoms with E-state index in [1.807, 2.05) is 0 Å². The molecule has 0 unspecified atom stereocenters. The van der Waals surface area contributed by atoms with Crippen LogP contribution in [0.15, 0.2) is 0 Å². The van der Waals surface area contributed by atoms with E-state index in [2.05, 4.69) is 4.74 Å². The van der Waals surface area contributed by atoms with Gasteiger partial charge in [-0.05, 0) is 0 Å². The summed E-state index contributed by atoms with van der Waals surface area (Å²) in [7, 11) is 0. The molecule has 0 amide bonds. The zero-order valence-electron chi connectivity index (χ0n) is 5.57. The van der Waals surface area contributed by atoms with Gasteiger partial charge in [0.15, 0.2) is 0 Å². The second kappa shape index (κ2) is 6.42. The molecule has 0 heterocycles. The van der Waals surface area contributed by atoms with Gasteiger partial charge in [-0.15, -0.1) is 6.61 Å². The number of alkyl halides is 3. The molecule has 56 valence electrons. The average Bonchev–Trinajstić information content (AvgIpc) is 1.63. The van der Waals surface area contributed by atoms with Crippen LogP contribution in [0.3, 0.4) is 0 Å². The number of rotatable bonds is 3. The third kappa shape index (κ3) is 11.5. The molecule has 0 saturated heterocycles. The minimum absolute atomic E-state index is 0. The first kappa shape index (κ1) is 13.3. The second-order valence-electron chi connectivity index (χ2n) is 1.37. The van der Waals surface area contributed by atoms with Crippen LogP contribution in [0.25, 0.3) is 0 Å². The Kier molecular flexibility index (Phi) is 8.55. The van der Waals surface area contributed by atoms with Crippen molar-refractivity contribution in [1.29, 1.82) is 0 Å². The summed E-state index contributed by atoms with van der Waals surface area (Å²) in [5.41, 5.74) is 0. The molecule has 0 aliphatic heterocycles. The van der Waals surface area contributed by atoms with Crippen molar-refractivity contribution in [3.05, 3.63) is 0 Å². The fourth-order valence-corrected chi connectivity index (χ4v) is 0.247. The fourth-order valence-electron chi connectivity index (χ4n) is 0.247. The molecule has 0 rings (SSSR count). The van der Waals surface area contributed by atoms with Gasteiger partial charge in [0, 0.05) is 6.61 Å². The van der Waals surface area contributed by atoms with Gasteiger partial charge < -0.3 is 9.84 Å². The van der Waals surface area contributed by atoms with Gasteiger partial charge in [-0.1, -0.05) is 0 Å². The van der Waals surface area contributed by atoms with Crippen molar-refractivity contribution in [1.82, 2.24) is 0 Å². The maximum absolute atomic E-state index is 11.2. The van der Waals surface area contributed by atoms with E-state index in [-0.39, 0.29) is 36.2 Å². The molecule has 0 aliphatic carbocycles. The van der Waals surface area contributed by atoms with Crippen LogP contribution in [0.2, 0.25) is 0 Å². The topological polar surface area (TPSA) is 32.3 Å². The van der Waals surface area contributed by atoms with Gasteiger partial charge in [0.25, 0.3) is 0 Å². The summed E-state index contributed by atoms with van der Waals surface area (Å²) in [6.07, 6.45) is -4.31. The molecule has 0 fully saturated rings. The van der Waals surface area contributed by atoms with E-state index in [1.165, 1.54) is 0 Å². The van der Waals surface area contributed by atoms with E-state index in [1.54, 1.807) is 0 Å². The first-order valence-electron chi connectivity index (χ1n) is 2.29. The minimum atomic E-state index is -4.31. The van der Waals surface area contributed by atoms with Crippen LogP contribution in [0.1, 0.15) is 0 Å². The molecule has 2 nitrogen and oxygen atoms in total. The van der Waals surface area contributed by atoms with Crippen molar-refractivity contribution < 1.29 is 52.6 Å². The summed E-state index contributed by atoms with van der Waals surface area (Å²) in [6, 6.07) is 0. The molecular weight excluding hydrogens is 160 g/mol. The van der Waals surface area contributed by atoms with Crippen LogP contribution in [0, 0.1) is 0 Å². The monoisotopic (exact) mass is 166 g/mol. The summed E-state index contributed by atoms with van der Waals surface area (Å²) in [4.78, 5) is 0. The third-order valence-electron chi connectivity index (χ3n) is 0.493. The average molecular weight is 166 g/mol. The Morgan fingerprint density at radius 3 is 2.10 bits per heavy atom. The van der Waals surface area contributed by atoms with Gasteiger partial charge in [-0.2, -0.15) is 13.2 Å². The van der Waals surface area contributed by atoms with Gasteiger partial charge in [0.1, 0.15) is 6.61 Å². The van der Waals surface area contributed by atoms with Crippen LogP contribution in [0.4, 0.5) is 13.2 Å². The van der Waals surface area contributed by atoms with E-state index < -0.39 is 19.4 Å². The number of hydrogen-bond acceptors (Lipinski definition) is 2. The molecule has 0 radical (unpaired) electrons. The van der Waals surface area contributed by atoms with E-state index in [9.17, 15) is 18.3 Å². The molecule has 0 aromatic carbocycles. The molecule has 0 aliphatic rings.